The molecule has 0 bridgehead atoms. The molecule has 0 atom stereocenters. The van der Waals surface area contributed by atoms with Gasteiger partial charge in [-0.2, -0.15) is 0 Å². The number of hydrogen-bond acceptors (Lipinski definition) is 2. The Morgan fingerprint density at radius 2 is 2.12 bits per heavy atom. The first-order chi connectivity index (χ1) is 7.74. The highest BCUT2D eigenvalue weighted by atomic mass is 79.9. The van der Waals surface area contributed by atoms with Gasteiger partial charge in [-0.1, -0.05) is 22.9 Å². The van der Waals surface area contributed by atoms with Crippen LogP contribution in [0.1, 0.15) is 18.9 Å². The number of aromatic nitrogens is 1. The van der Waals surface area contributed by atoms with Gasteiger partial charge in [-0.25, -0.2) is 0 Å². The average molecular weight is 279 g/mol. The van der Waals surface area contributed by atoms with E-state index in [1.165, 1.54) is 16.6 Å². The summed E-state index contributed by atoms with van der Waals surface area (Å²) in [5.74, 6) is 0. The molecule has 0 radical (unpaired) electrons. The quantitative estimate of drug-likeness (QED) is 0.913. The van der Waals surface area contributed by atoms with E-state index >= 15 is 0 Å². The van der Waals surface area contributed by atoms with E-state index in [-0.39, 0.29) is 0 Å². The predicted octanol–water partition coefficient (Wildman–Crippen LogP) is 4.13. The van der Waals surface area contributed by atoms with Crippen molar-refractivity contribution >= 4 is 32.5 Å². The van der Waals surface area contributed by atoms with Crippen LogP contribution in [0.5, 0.6) is 0 Å². The highest BCUT2D eigenvalue weighted by Gasteiger charge is 2.05. The summed E-state index contributed by atoms with van der Waals surface area (Å²) in [7, 11) is 0. The molecule has 1 heterocycles. The van der Waals surface area contributed by atoms with Crippen molar-refractivity contribution in [1.82, 2.24) is 4.98 Å². The van der Waals surface area contributed by atoms with Gasteiger partial charge in [0.2, 0.25) is 0 Å². The number of fused-ring (bicyclic) bond motifs is 1. The molecular weight excluding hydrogens is 264 g/mol. The third kappa shape index (κ3) is 2.05. The van der Waals surface area contributed by atoms with Crippen LogP contribution < -0.4 is 5.32 Å². The number of aryl methyl sites for hydroxylation is 1. The van der Waals surface area contributed by atoms with Gasteiger partial charge in [0.05, 0.1) is 5.52 Å². The standard InChI is InChI=1S/C13H15BrN2/c1-3-7-15-12-6-8-16-13-9(2)11(14)5-4-10(12)13/h4-6,8H,3,7H2,1-2H3,(H,15,16). The minimum absolute atomic E-state index is 0.994. The van der Waals surface area contributed by atoms with Gasteiger partial charge in [0.1, 0.15) is 0 Å². The fourth-order valence-corrected chi connectivity index (χ4v) is 2.07. The second-order valence-corrected chi connectivity index (χ2v) is 4.71. The summed E-state index contributed by atoms with van der Waals surface area (Å²) in [4.78, 5) is 4.44. The third-order valence-electron chi connectivity index (χ3n) is 2.67. The number of nitrogens with zero attached hydrogens (tertiary/aromatic N) is 1. The van der Waals surface area contributed by atoms with Crippen LogP contribution in [0.15, 0.2) is 28.9 Å². The molecule has 1 N–H and O–H groups in total. The highest BCUT2D eigenvalue weighted by molar-refractivity contribution is 9.10. The molecule has 2 aromatic rings. The van der Waals surface area contributed by atoms with Crippen molar-refractivity contribution in [1.29, 1.82) is 0 Å². The number of nitrogens with one attached hydrogen (secondary N) is 1. The fraction of sp³-hybridized carbons (Fsp3) is 0.308. The molecular formula is C13H15BrN2. The van der Waals surface area contributed by atoms with E-state index in [4.69, 9.17) is 0 Å². The number of anilines is 1. The SMILES string of the molecule is CCCNc1ccnc2c(C)c(Br)ccc12. The maximum Gasteiger partial charge on any atom is 0.0763 e. The van der Waals surface area contributed by atoms with E-state index in [0.29, 0.717) is 0 Å². The summed E-state index contributed by atoms with van der Waals surface area (Å²) in [6.07, 6.45) is 2.99. The molecule has 2 nitrogen and oxygen atoms in total. The summed E-state index contributed by atoms with van der Waals surface area (Å²) < 4.78 is 1.11. The smallest absolute Gasteiger partial charge is 0.0763 e. The lowest BCUT2D eigenvalue weighted by Crippen LogP contribution is -2.01. The molecule has 0 amide bonds. The van der Waals surface area contributed by atoms with Crippen molar-refractivity contribution in [2.24, 2.45) is 0 Å². The number of halogens is 1. The van der Waals surface area contributed by atoms with Crippen LogP contribution in [-0.2, 0) is 0 Å². The largest absolute Gasteiger partial charge is 0.384 e. The number of rotatable bonds is 3. The van der Waals surface area contributed by atoms with Crippen LogP contribution in [0.25, 0.3) is 10.9 Å². The zero-order chi connectivity index (χ0) is 11.5. The van der Waals surface area contributed by atoms with Crippen molar-refractivity contribution in [2.75, 3.05) is 11.9 Å². The summed E-state index contributed by atoms with van der Waals surface area (Å²) in [5.41, 5.74) is 3.43. The molecule has 0 unspecified atom stereocenters. The topological polar surface area (TPSA) is 24.9 Å². The van der Waals surface area contributed by atoms with Gasteiger partial charge in [-0.3, -0.25) is 4.98 Å². The van der Waals surface area contributed by atoms with Crippen LogP contribution in [0.3, 0.4) is 0 Å². The molecule has 0 saturated heterocycles. The van der Waals surface area contributed by atoms with Gasteiger partial charge in [0.25, 0.3) is 0 Å². The van der Waals surface area contributed by atoms with E-state index in [1.54, 1.807) is 0 Å². The van der Waals surface area contributed by atoms with E-state index in [2.05, 4.69) is 52.2 Å². The lowest BCUT2D eigenvalue weighted by atomic mass is 10.1. The highest BCUT2D eigenvalue weighted by Crippen LogP contribution is 2.28. The third-order valence-corrected chi connectivity index (χ3v) is 3.52. The summed E-state index contributed by atoms with van der Waals surface area (Å²) >= 11 is 3.53. The molecule has 0 spiro atoms. The van der Waals surface area contributed by atoms with Crippen molar-refractivity contribution in [3.8, 4) is 0 Å². The van der Waals surface area contributed by atoms with Gasteiger partial charge < -0.3 is 5.32 Å². The van der Waals surface area contributed by atoms with Crippen LogP contribution in [0.2, 0.25) is 0 Å². The molecule has 0 fully saturated rings. The summed E-state index contributed by atoms with van der Waals surface area (Å²) in [5, 5.41) is 4.62. The first-order valence-corrected chi connectivity index (χ1v) is 6.31. The fourth-order valence-electron chi connectivity index (χ4n) is 1.75. The molecule has 2 rings (SSSR count). The Kier molecular flexibility index (Phi) is 3.44. The second-order valence-electron chi connectivity index (χ2n) is 3.85. The summed E-state index contributed by atoms with van der Waals surface area (Å²) in [6.45, 7) is 5.25. The first kappa shape index (κ1) is 11.4. The van der Waals surface area contributed by atoms with E-state index in [0.717, 1.165) is 23.0 Å². The van der Waals surface area contributed by atoms with Crippen LogP contribution >= 0.6 is 15.9 Å². The second kappa shape index (κ2) is 4.83. The van der Waals surface area contributed by atoms with Crippen LogP contribution in [-0.4, -0.2) is 11.5 Å². The van der Waals surface area contributed by atoms with E-state index < -0.39 is 0 Å². The van der Waals surface area contributed by atoms with Crippen LogP contribution in [0.4, 0.5) is 5.69 Å². The Hall–Kier alpha value is -1.09. The molecule has 16 heavy (non-hydrogen) atoms. The van der Waals surface area contributed by atoms with Gasteiger partial charge in [-0.15, -0.1) is 0 Å². The first-order valence-electron chi connectivity index (χ1n) is 5.51. The molecule has 1 aromatic heterocycles. The molecule has 0 saturated carbocycles. The molecule has 0 aliphatic rings. The van der Waals surface area contributed by atoms with Gasteiger partial charge in [-0.05, 0) is 37.1 Å². The monoisotopic (exact) mass is 278 g/mol. The zero-order valence-corrected chi connectivity index (χ0v) is 11.1. The molecule has 0 aliphatic carbocycles. The normalized spacial score (nSPS) is 10.7. The van der Waals surface area contributed by atoms with E-state index in [9.17, 15) is 0 Å². The summed E-state index contributed by atoms with van der Waals surface area (Å²) in [6, 6.07) is 6.22. The lowest BCUT2D eigenvalue weighted by molar-refractivity contribution is 0.981. The Morgan fingerprint density at radius 3 is 2.88 bits per heavy atom. The van der Waals surface area contributed by atoms with Gasteiger partial charge >= 0.3 is 0 Å². The maximum atomic E-state index is 4.44. The molecule has 1 aromatic carbocycles. The molecule has 0 aliphatic heterocycles. The Bertz CT molecular complexity index is 509. The van der Waals surface area contributed by atoms with Crippen molar-refractivity contribution < 1.29 is 0 Å². The average Bonchev–Trinajstić information content (AvgIpc) is 2.31. The Balaban J connectivity index is 2.56. The molecule has 3 heteroatoms. The van der Waals surface area contributed by atoms with Crippen LogP contribution in [0, 0.1) is 6.92 Å². The predicted molar refractivity (Wildman–Crippen MR) is 73.0 cm³/mol. The minimum atomic E-state index is 0.994. The lowest BCUT2D eigenvalue weighted by Gasteiger charge is -2.10. The number of benzene rings is 1. The van der Waals surface area contributed by atoms with E-state index in [1.807, 2.05) is 12.3 Å². The molecule has 84 valence electrons. The Labute approximate surface area is 104 Å². The zero-order valence-electron chi connectivity index (χ0n) is 9.55. The van der Waals surface area contributed by atoms with Crippen molar-refractivity contribution in [2.45, 2.75) is 20.3 Å². The van der Waals surface area contributed by atoms with Gasteiger partial charge in [0, 0.05) is 28.3 Å². The Morgan fingerprint density at radius 1 is 1.31 bits per heavy atom. The minimum Gasteiger partial charge on any atom is -0.384 e. The van der Waals surface area contributed by atoms with Crippen molar-refractivity contribution in [3.05, 3.63) is 34.4 Å². The van der Waals surface area contributed by atoms with Crippen molar-refractivity contribution in [3.63, 3.8) is 0 Å². The number of hydrogen-bond donors (Lipinski definition) is 1. The maximum absolute atomic E-state index is 4.44. The number of pyridine rings is 1. The van der Waals surface area contributed by atoms with Gasteiger partial charge in [0.15, 0.2) is 0 Å².